The van der Waals surface area contributed by atoms with Crippen LogP contribution in [0.3, 0.4) is 0 Å². The fourth-order valence-electron chi connectivity index (χ4n) is 4.51. The number of carbonyl (C=O) groups is 1. The van der Waals surface area contributed by atoms with Gasteiger partial charge in [-0.1, -0.05) is 78.3 Å². The second kappa shape index (κ2) is 9.74. The first-order valence-electron chi connectivity index (χ1n) is 11.4. The number of fused-ring (bicyclic) bond motifs is 1. The fraction of sp³-hybridized carbons (Fsp3) is 0.214. The van der Waals surface area contributed by atoms with E-state index in [0.717, 1.165) is 48.9 Å². The van der Waals surface area contributed by atoms with Crippen LogP contribution in [0.2, 0.25) is 5.02 Å². The van der Waals surface area contributed by atoms with E-state index in [-0.39, 0.29) is 11.9 Å². The van der Waals surface area contributed by atoms with Gasteiger partial charge in [-0.25, -0.2) is 4.98 Å². The molecule has 4 aromatic rings. The van der Waals surface area contributed by atoms with Gasteiger partial charge >= 0.3 is 0 Å². The summed E-state index contributed by atoms with van der Waals surface area (Å²) in [5.41, 5.74) is 4.30. The molecule has 0 aliphatic carbocycles. The molecular weight excluding hydrogens is 430 g/mol. The maximum atomic E-state index is 13.4. The molecule has 33 heavy (non-hydrogen) atoms. The molecule has 0 bridgehead atoms. The van der Waals surface area contributed by atoms with Crippen LogP contribution in [0.15, 0.2) is 84.9 Å². The predicted octanol–water partition coefficient (Wildman–Crippen LogP) is 5.95. The molecule has 1 aliphatic rings. The van der Waals surface area contributed by atoms with Crippen molar-refractivity contribution >= 4 is 28.4 Å². The lowest BCUT2D eigenvalue weighted by molar-refractivity contribution is 0.0910. The maximum Gasteiger partial charge on any atom is 0.252 e. The molecule has 2 heterocycles. The lowest BCUT2D eigenvalue weighted by Crippen LogP contribution is -2.44. The number of aromatic nitrogens is 1. The normalized spacial score (nSPS) is 14.9. The molecule has 1 fully saturated rings. The van der Waals surface area contributed by atoms with Crippen LogP contribution in [0, 0.1) is 0 Å². The number of nitrogens with one attached hydrogen (secondary N) is 1. The summed E-state index contributed by atoms with van der Waals surface area (Å²) < 4.78 is 0. The Morgan fingerprint density at radius 1 is 0.939 bits per heavy atom. The highest BCUT2D eigenvalue weighted by atomic mass is 35.5. The summed E-state index contributed by atoms with van der Waals surface area (Å²) in [6.45, 7) is 2.90. The number of nitrogens with zero attached hydrogens (tertiary/aromatic N) is 2. The smallest absolute Gasteiger partial charge is 0.252 e. The molecule has 166 valence electrons. The van der Waals surface area contributed by atoms with Crippen molar-refractivity contribution in [2.75, 3.05) is 13.1 Å². The first kappa shape index (κ1) is 21.6. The van der Waals surface area contributed by atoms with Gasteiger partial charge < -0.3 is 5.32 Å². The quantitative estimate of drug-likeness (QED) is 0.404. The molecule has 1 aliphatic heterocycles. The van der Waals surface area contributed by atoms with Crippen LogP contribution in [0.5, 0.6) is 0 Å². The first-order chi connectivity index (χ1) is 16.2. The van der Waals surface area contributed by atoms with Gasteiger partial charge in [-0.05, 0) is 36.6 Å². The zero-order valence-electron chi connectivity index (χ0n) is 18.4. The Morgan fingerprint density at radius 2 is 1.64 bits per heavy atom. The third-order valence-electron chi connectivity index (χ3n) is 6.28. The molecule has 0 saturated carbocycles. The molecule has 1 saturated heterocycles. The highest BCUT2D eigenvalue weighted by molar-refractivity contribution is 6.33. The van der Waals surface area contributed by atoms with Crippen molar-refractivity contribution in [2.24, 2.45) is 0 Å². The number of piperidine rings is 1. The molecule has 0 atom stereocenters. The molecule has 4 nitrogen and oxygen atoms in total. The Balaban J connectivity index is 1.33. The summed E-state index contributed by atoms with van der Waals surface area (Å²) in [5.74, 6) is -0.0524. The van der Waals surface area contributed by atoms with E-state index in [0.29, 0.717) is 16.3 Å². The van der Waals surface area contributed by atoms with Crippen LogP contribution in [0.25, 0.3) is 22.2 Å². The Hall–Kier alpha value is -3.21. The largest absolute Gasteiger partial charge is 0.349 e. The van der Waals surface area contributed by atoms with Crippen LogP contribution in [0.1, 0.15) is 28.8 Å². The average molecular weight is 456 g/mol. The van der Waals surface area contributed by atoms with Crippen molar-refractivity contribution in [3.63, 3.8) is 0 Å². The zero-order chi connectivity index (χ0) is 22.6. The van der Waals surface area contributed by atoms with Gasteiger partial charge in [0.2, 0.25) is 0 Å². The summed E-state index contributed by atoms with van der Waals surface area (Å²) in [6, 6.07) is 28.0. The van der Waals surface area contributed by atoms with Crippen molar-refractivity contribution < 1.29 is 4.79 Å². The van der Waals surface area contributed by atoms with Crippen LogP contribution in [-0.2, 0) is 6.54 Å². The van der Waals surface area contributed by atoms with E-state index in [1.54, 1.807) is 0 Å². The number of hydrogen-bond acceptors (Lipinski definition) is 3. The first-order valence-corrected chi connectivity index (χ1v) is 11.8. The number of rotatable bonds is 5. The van der Waals surface area contributed by atoms with E-state index in [4.69, 9.17) is 16.6 Å². The standard InChI is InChI=1S/C28H26ClN3O/c29-25-12-6-4-11-23(25)27-18-24(22-10-5-7-13-26(22)31-27)28(33)30-21-14-16-32(17-15-21)19-20-8-2-1-3-9-20/h1-13,18,21H,14-17,19H2,(H,30,33). The summed E-state index contributed by atoms with van der Waals surface area (Å²) in [6.07, 6.45) is 1.89. The van der Waals surface area contributed by atoms with Gasteiger partial charge in [0.15, 0.2) is 0 Å². The Bertz CT molecular complexity index is 1270. The van der Waals surface area contributed by atoms with Crippen LogP contribution in [0.4, 0.5) is 0 Å². The third-order valence-corrected chi connectivity index (χ3v) is 6.61. The molecule has 5 heteroatoms. The number of hydrogen-bond donors (Lipinski definition) is 1. The highest BCUT2D eigenvalue weighted by Crippen LogP contribution is 2.30. The van der Waals surface area contributed by atoms with Gasteiger partial charge in [0.05, 0.1) is 16.8 Å². The molecular formula is C28H26ClN3O. The third kappa shape index (κ3) is 4.92. The number of para-hydroxylation sites is 1. The number of amides is 1. The minimum atomic E-state index is -0.0524. The SMILES string of the molecule is O=C(NC1CCN(Cc2ccccc2)CC1)c1cc(-c2ccccc2Cl)nc2ccccc12. The number of pyridine rings is 1. The van der Waals surface area contributed by atoms with Gasteiger partial charge in [0.25, 0.3) is 5.91 Å². The minimum Gasteiger partial charge on any atom is -0.349 e. The van der Waals surface area contributed by atoms with Crippen LogP contribution >= 0.6 is 11.6 Å². The summed E-state index contributed by atoms with van der Waals surface area (Å²) >= 11 is 6.42. The number of benzene rings is 3. The van der Waals surface area contributed by atoms with Gasteiger partial charge in [0.1, 0.15) is 0 Å². The van der Waals surface area contributed by atoms with E-state index in [1.807, 2.05) is 60.7 Å². The van der Waals surface area contributed by atoms with Crippen molar-refractivity contribution in [1.82, 2.24) is 15.2 Å². The van der Waals surface area contributed by atoms with E-state index < -0.39 is 0 Å². The Morgan fingerprint density at radius 3 is 2.42 bits per heavy atom. The topological polar surface area (TPSA) is 45.2 Å². The summed E-state index contributed by atoms with van der Waals surface area (Å²) in [7, 11) is 0. The Kier molecular flexibility index (Phi) is 6.38. The van der Waals surface area contributed by atoms with Crippen LogP contribution in [-0.4, -0.2) is 34.9 Å². The second-order valence-corrected chi connectivity index (χ2v) is 8.97. The van der Waals surface area contributed by atoms with Gasteiger partial charge in [-0.3, -0.25) is 9.69 Å². The van der Waals surface area contributed by atoms with Crippen molar-refractivity contribution in [3.05, 3.63) is 101 Å². The summed E-state index contributed by atoms with van der Waals surface area (Å²) in [4.78, 5) is 20.6. The van der Waals surface area contributed by atoms with Gasteiger partial charge in [-0.15, -0.1) is 0 Å². The lowest BCUT2D eigenvalue weighted by Gasteiger charge is -2.32. The van der Waals surface area contributed by atoms with Crippen molar-refractivity contribution in [2.45, 2.75) is 25.4 Å². The number of likely N-dealkylation sites (tertiary alicyclic amines) is 1. The van der Waals surface area contributed by atoms with Crippen molar-refractivity contribution in [3.8, 4) is 11.3 Å². The molecule has 0 radical (unpaired) electrons. The van der Waals surface area contributed by atoms with Crippen LogP contribution < -0.4 is 5.32 Å². The molecule has 0 spiro atoms. The number of carbonyl (C=O) groups excluding carboxylic acids is 1. The van der Waals surface area contributed by atoms with Gasteiger partial charge in [0, 0.05) is 41.6 Å². The van der Waals surface area contributed by atoms with Gasteiger partial charge in [-0.2, -0.15) is 0 Å². The molecule has 5 rings (SSSR count). The highest BCUT2D eigenvalue weighted by Gasteiger charge is 2.23. The molecule has 3 aromatic carbocycles. The maximum absolute atomic E-state index is 13.4. The van der Waals surface area contributed by atoms with E-state index in [2.05, 4.69) is 34.5 Å². The Labute approximate surface area is 199 Å². The lowest BCUT2D eigenvalue weighted by atomic mass is 10.0. The van der Waals surface area contributed by atoms with E-state index in [9.17, 15) is 4.79 Å². The van der Waals surface area contributed by atoms with E-state index >= 15 is 0 Å². The molecule has 1 N–H and O–H groups in total. The van der Waals surface area contributed by atoms with Crippen molar-refractivity contribution in [1.29, 1.82) is 0 Å². The molecule has 1 aromatic heterocycles. The van der Waals surface area contributed by atoms with E-state index in [1.165, 1.54) is 5.56 Å². The molecule has 1 amide bonds. The zero-order valence-corrected chi connectivity index (χ0v) is 19.1. The fourth-order valence-corrected chi connectivity index (χ4v) is 4.74. The summed E-state index contributed by atoms with van der Waals surface area (Å²) in [5, 5.41) is 4.76. The molecule has 0 unspecified atom stereocenters. The average Bonchev–Trinajstić information content (AvgIpc) is 2.85. The number of halogens is 1. The minimum absolute atomic E-state index is 0.0524. The second-order valence-electron chi connectivity index (χ2n) is 8.56. The monoisotopic (exact) mass is 455 g/mol. The predicted molar refractivity (Wildman–Crippen MR) is 134 cm³/mol.